The highest BCUT2D eigenvalue weighted by Crippen LogP contribution is 2.32. The van der Waals surface area contributed by atoms with Crippen molar-refractivity contribution in [2.75, 3.05) is 39.2 Å². The molecule has 3 rings (SSSR count). The van der Waals surface area contributed by atoms with E-state index in [2.05, 4.69) is 16.0 Å². The van der Waals surface area contributed by atoms with E-state index >= 15 is 0 Å². The van der Waals surface area contributed by atoms with Crippen molar-refractivity contribution in [2.24, 2.45) is 0 Å². The number of rotatable bonds is 7. The van der Waals surface area contributed by atoms with Crippen LogP contribution >= 0.6 is 23.7 Å². The van der Waals surface area contributed by atoms with E-state index < -0.39 is 0 Å². The highest BCUT2D eigenvalue weighted by molar-refractivity contribution is 7.22. The Morgan fingerprint density at radius 3 is 2.52 bits per heavy atom. The second kappa shape index (κ2) is 10.2. The molecule has 0 saturated carbocycles. The number of hydrogen-bond donors (Lipinski definition) is 0. The summed E-state index contributed by atoms with van der Waals surface area (Å²) >= 11 is 1.49. The number of nitriles is 1. The Bertz CT molecular complexity index is 1010. The van der Waals surface area contributed by atoms with Crippen LogP contribution in [0.4, 0.5) is 5.13 Å². The number of carbonyl (C=O) groups is 1. The smallest absolute Gasteiger partial charge is 0.260 e. The standard InChI is InChI=1S/C21H22N4O2S.ClH/c1-24(2)11-4-12-25(20(26)16-7-5-15(14-22)6-8-16)21-23-18-13-17(27-3)9-10-19(18)28-21;/h5-10,13H,4,11-12H2,1-3H3;1H. The van der Waals surface area contributed by atoms with Crippen molar-refractivity contribution in [3.8, 4) is 11.8 Å². The lowest BCUT2D eigenvalue weighted by Crippen LogP contribution is -2.33. The van der Waals surface area contributed by atoms with Crippen LogP contribution in [0.3, 0.4) is 0 Å². The van der Waals surface area contributed by atoms with E-state index in [1.54, 1.807) is 36.3 Å². The van der Waals surface area contributed by atoms with E-state index in [4.69, 9.17) is 10.00 Å². The molecule has 152 valence electrons. The van der Waals surface area contributed by atoms with Crippen molar-refractivity contribution in [3.05, 3.63) is 53.6 Å². The minimum absolute atomic E-state index is 0. The predicted octanol–water partition coefficient (Wildman–Crippen LogP) is 4.20. The molecule has 0 unspecified atom stereocenters. The normalized spacial score (nSPS) is 10.4. The Hall–Kier alpha value is -2.66. The first kappa shape index (κ1) is 22.6. The molecule has 0 aliphatic heterocycles. The van der Waals surface area contributed by atoms with Gasteiger partial charge in [0.1, 0.15) is 5.75 Å². The third-order valence-electron chi connectivity index (χ3n) is 4.31. The van der Waals surface area contributed by atoms with E-state index in [0.29, 0.717) is 22.8 Å². The number of anilines is 1. The van der Waals surface area contributed by atoms with Crippen molar-refractivity contribution in [3.63, 3.8) is 0 Å². The number of fused-ring (bicyclic) bond motifs is 1. The van der Waals surface area contributed by atoms with Crippen molar-refractivity contribution in [1.29, 1.82) is 5.26 Å². The van der Waals surface area contributed by atoms with Gasteiger partial charge in [0.2, 0.25) is 0 Å². The van der Waals surface area contributed by atoms with Crippen LogP contribution in [0.1, 0.15) is 22.3 Å². The van der Waals surface area contributed by atoms with E-state index in [1.807, 2.05) is 32.3 Å². The number of benzene rings is 2. The minimum atomic E-state index is -0.116. The van der Waals surface area contributed by atoms with E-state index in [9.17, 15) is 4.79 Å². The van der Waals surface area contributed by atoms with Crippen LogP contribution in [0.5, 0.6) is 5.75 Å². The lowest BCUT2D eigenvalue weighted by Gasteiger charge is -2.21. The maximum atomic E-state index is 13.2. The largest absolute Gasteiger partial charge is 0.497 e. The Kier molecular flexibility index (Phi) is 7.97. The summed E-state index contributed by atoms with van der Waals surface area (Å²) in [6.45, 7) is 1.43. The van der Waals surface area contributed by atoms with Gasteiger partial charge in [-0.2, -0.15) is 5.26 Å². The quantitative estimate of drug-likeness (QED) is 0.562. The number of thiazole rings is 1. The summed E-state index contributed by atoms with van der Waals surface area (Å²) in [4.78, 5) is 21.7. The molecule has 2 aromatic carbocycles. The number of halogens is 1. The fraction of sp³-hybridized carbons (Fsp3) is 0.286. The van der Waals surface area contributed by atoms with Crippen LogP contribution in [0, 0.1) is 11.3 Å². The Morgan fingerprint density at radius 1 is 1.17 bits per heavy atom. The number of ether oxygens (including phenoxy) is 1. The van der Waals surface area contributed by atoms with E-state index in [0.717, 1.165) is 28.9 Å². The third-order valence-corrected chi connectivity index (χ3v) is 5.37. The molecule has 0 atom stereocenters. The van der Waals surface area contributed by atoms with Crippen molar-refractivity contribution < 1.29 is 9.53 Å². The first-order valence-electron chi connectivity index (χ1n) is 8.93. The molecule has 3 aromatic rings. The monoisotopic (exact) mass is 430 g/mol. The summed E-state index contributed by atoms with van der Waals surface area (Å²) in [5.74, 6) is 0.621. The Morgan fingerprint density at radius 2 is 1.90 bits per heavy atom. The zero-order valence-electron chi connectivity index (χ0n) is 16.6. The summed E-state index contributed by atoms with van der Waals surface area (Å²) in [5, 5.41) is 9.64. The Balaban J connectivity index is 0.00000300. The maximum Gasteiger partial charge on any atom is 0.260 e. The summed E-state index contributed by atoms with van der Waals surface area (Å²) in [5.41, 5.74) is 1.88. The molecule has 1 aromatic heterocycles. The van der Waals surface area contributed by atoms with Gasteiger partial charge in [0.05, 0.1) is 29.0 Å². The average Bonchev–Trinajstić information content (AvgIpc) is 3.13. The van der Waals surface area contributed by atoms with Gasteiger partial charge < -0.3 is 9.64 Å². The molecule has 0 radical (unpaired) electrons. The summed E-state index contributed by atoms with van der Waals surface area (Å²) < 4.78 is 6.28. The van der Waals surface area contributed by atoms with Gasteiger partial charge >= 0.3 is 0 Å². The molecule has 0 spiro atoms. The van der Waals surface area contributed by atoms with Crippen LogP contribution < -0.4 is 9.64 Å². The molecule has 8 heteroatoms. The first-order chi connectivity index (χ1) is 13.5. The minimum Gasteiger partial charge on any atom is -0.497 e. The van der Waals surface area contributed by atoms with Crippen LogP contribution in [0.15, 0.2) is 42.5 Å². The zero-order chi connectivity index (χ0) is 20.1. The molecule has 0 N–H and O–H groups in total. The topological polar surface area (TPSA) is 69.5 Å². The molecule has 29 heavy (non-hydrogen) atoms. The lowest BCUT2D eigenvalue weighted by molar-refractivity contribution is 0.0986. The molecule has 1 heterocycles. The molecule has 0 aliphatic rings. The van der Waals surface area contributed by atoms with Gasteiger partial charge in [0, 0.05) is 18.2 Å². The maximum absolute atomic E-state index is 13.2. The van der Waals surface area contributed by atoms with Crippen molar-refractivity contribution >= 4 is 45.0 Å². The lowest BCUT2D eigenvalue weighted by atomic mass is 10.1. The van der Waals surface area contributed by atoms with Gasteiger partial charge in [-0.3, -0.25) is 9.69 Å². The number of methoxy groups -OCH3 is 1. The summed E-state index contributed by atoms with van der Waals surface area (Å²) in [6.07, 6.45) is 0.828. The van der Waals surface area contributed by atoms with Gasteiger partial charge in [-0.25, -0.2) is 4.98 Å². The molecule has 0 saturated heterocycles. The fourth-order valence-electron chi connectivity index (χ4n) is 2.81. The molecule has 6 nitrogen and oxygen atoms in total. The van der Waals surface area contributed by atoms with Gasteiger partial charge in [-0.15, -0.1) is 12.4 Å². The van der Waals surface area contributed by atoms with Gasteiger partial charge in [0.25, 0.3) is 5.91 Å². The highest BCUT2D eigenvalue weighted by atomic mass is 35.5. The number of carbonyl (C=O) groups excluding carboxylic acids is 1. The van der Waals surface area contributed by atoms with E-state index in [1.165, 1.54) is 11.3 Å². The van der Waals surface area contributed by atoms with Crippen LogP contribution in [0.25, 0.3) is 10.2 Å². The SMILES string of the molecule is COc1ccc2sc(N(CCCN(C)C)C(=O)c3ccc(C#N)cc3)nc2c1.Cl. The molecule has 0 bridgehead atoms. The van der Waals surface area contributed by atoms with Crippen LogP contribution in [0.2, 0.25) is 0 Å². The van der Waals surface area contributed by atoms with E-state index in [-0.39, 0.29) is 18.3 Å². The molecule has 0 aliphatic carbocycles. The molecular weight excluding hydrogens is 408 g/mol. The van der Waals surface area contributed by atoms with Crippen LogP contribution in [-0.2, 0) is 0 Å². The zero-order valence-corrected chi connectivity index (χ0v) is 18.2. The second-order valence-corrected chi connectivity index (χ2v) is 7.64. The summed E-state index contributed by atoms with van der Waals surface area (Å²) in [7, 11) is 5.64. The van der Waals surface area contributed by atoms with Crippen LogP contribution in [-0.4, -0.2) is 50.1 Å². The molecule has 0 fully saturated rings. The Labute approximate surface area is 180 Å². The number of amides is 1. The fourth-order valence-corrected chi connectivity index (χ4v) is 3.78. The van der Waals surface area contributed by atoms with Crippen molar-refractivity contribution in [1.82, 2.24) is 9.88 Å². The number of hydrogen-bond acceptors (Lipinski definition) is 6. The number of nitrogens with zero attached hydrogens (tertiary/aromatic N) is 4. The average molecular weight is 431 g/mol. The van der Waals surface area contributed by atoms with Gasteiger partial charge in [-0.05, 0) is 63.5 Å². The molecule has 1 amide bonds. The first-order valence-corrected chi connectivity index (χ1v) is 9.75. The van der Waals surface area contributed by atoms with Gasteiger partial charge in [-0.1, -0.05) is 11.3 Å². The predicted molar refractivity (Wildman–Crippen MR) is 119 cm³/mol. The number of aromatic nitrogens is 1. The third kappa shape index (κ3) is 5.45. The van der Waals surface area contributed by atoms with Gasteiger partial charge in [0.15, 0.2) is 5.13 Å². The second-order valence-electron chi connectivity index (χ2n) is 6.63. The van der Waals surface area contributed by atoms with Crippen molar-refractivity contribution in [2.45, 2.75) is 6.42 Å². The summed E-state index contributed by atoms with van der Waals surface area (Å²) in [6, 6.07) is 14.5. The molecular formula is C21H23ClN4O2S. The highest BCUT2D eigenvalue weighted by Gasteiger charge is 2.21.